The normalized spacial score (nSPS) is 11.8. The van der Waals surface area contributed by atoms with Crippen molar-refractivity contribution in [3.8, 4) is 11.5 Å². The molecule has 98 valence electrons. The minimum Gasteiger partial charge on any atom is -0.365 e. The Labute approximate surface area is 109 Å². The summed E-state index contributed by atoms with van der Waals surface area (Å²) in [6, 6.07) is 0. The van der Waals surface area contributed by atoms with Crippen molar-refractivity contribution in [3.05, 3.63) is 12.7 Å². The third kappa shape index (κ3) is 4.33. The zero-order chi connectivity index (χ0) is 13.5. The number of rotatable bonds is 6. The van der Waals surface area contributed by atoms with Crippen LogP contribution in [0.5, 0.6) is 0 Å². The van der Waals surface area contributed by atoms with Crippen LogP contribution in [-0.2, 0) is 4.74 Å². The number of ether oxygens (including phenoxy) is 1. The Morgan fingerprint density at radius 2 is 1.53 bits per heavy atom. The van der Waals surface area contributed by atoms with Gasteiger partial charge in [0.1, 0.15) is 14.7 Å². The fourth-order valence-corrected chi connectivity index (χ4v) is 8.06. The Morgan fingerprint density at radius 1 is 1.06 bits per heavy atom. The van der Waals surface area contributed by atoms with Crippen LogP contribution < -0.4 is 0 Å². The monoisotopic (exact) mass is 252 g/mol. The van der Waals surface area contributed by atoms with Crippen LogP contribution in [-0.4, -0.2) is 21.3 Å². The van der Waals surface area contributed by atoms with E-state index in [4.69, 9.17) is 4.74 Å². The second kappa shape index (κ2) is 7.74. The Kier molecular flexibility index (Phi) is 7.50. The van der Waals surface area contributed by atoms with E-state index in [-0.39, 0.29) is 0 Å². The second-order valence-electron chi connectivity index (χ2n) is 5.50. The van der Waals surface area contributed by atoms with E-state index in [0.29, 0.717) is 29.8 Å². The van der Waals surface area contributed by atoms with Crippen molar-refractivity contribution in [2.24, 2.45) is 0 Å². The van der Waals surface area contributed by atoms with Gasteiger partial charge >= 0.3 is 0 Å². The molecule has 0 radical (unpaired) electrons. The van der Waals surface area contributed by atoms with E-state index in [1.807, 2.05) is 0 Å². The summed E-state index contributed by atoms with van der Waals surface area (Å²) in [7, 11) is -1.55. The van der Waals surface area contributed by atoms with E-state index in [0.717, 1.165) is 0 Å². The van der Waals surface area contributed by atoms with Gasteiger partial charge in [-0.1, -0.05) is 53.5 Å². The first-order valence-corrected chi connectivity index (χ1v) is 8.81. The molecular formula is C15H28OSi. The third-order valence-electron chi connectivity index (χ3n) is 3.58. The predicted molar refractivity (Wildman–Crippen MR) is 79.8 cm³/mol. The van der Waals surface area contributed by atoms with Gasteiger partial charge in [0.15, 0.2) is 0 Å². The van der Waals surface area contributed by atoms with Gasteiger partial charge in [0.05, 0.1) is 6.61 Å². The summed E-state index contributed by atoms with van der Waals surface area (Å²) in [6.07, 6.45) is 1.76. The van der Waals surface area contributed by atoms with Gasteiger partial charge in [-0.05, 0) is 16.6 Å². The molecule has 0 aromatic heterocycles. The Hall–Kier alpha value is -0.523. The Bertz CT molecular complexity index is 259. The molecule has 0 aliphatic rings. The van der Waals surface area contributed by atoms with Gasteiger partial charge in [-0.2, -0.15) is 0 Å². The van der Waals surface area contributed by atoms with Gasteiger partial charge in [-0.3, -0.25) is 0 Å². The third-order valence-corrected chi connectivity index (χ3v) is 9.92. The minimum absolute atomic E-state index is 0.535. The van der Waals surface area contributed by atoms with Crippen molar-refractivity contribution in [2.75, 3.05) is 13.2 Å². The summed E-state index contributed by atoms with van der Waals surface area (Å²) in [6.45, 7) is 18.7. The molecule has 0 saturated carbocycles. The lowest BCUT2D eigenvalue weighted by molar-refractivity contribution is 0.199. The zero-order valence-corrected chi connectivity index (χ0v) is 13.3. The lowest BCUT2D eigenvalue weighted by Gasteiger charge is -2.38. The van der Waals surface area contributed by atoms with Crippen LogP contribution in [0.4, 0.5) is 0 Å². The number of hydrogen-bond acceptors (Lipinski definition) is 1. The van der Waals surface area contributed by atoms with Crippen LogP contribution in [0.25, 0.3) is 0 Å². The highest BCUT2D eigenvalue weighted by Crippen LogP contribution is 2.40. The summed E-state index contributed by atoms with van der Waals surface area (Å²) in [5.41, 5.74) is 5.69. The second-order valence-corrected chi connectivity index (χ2v) is 11.1. The molecule has 0 spiro atoms. The van der Waals surface area contributed by atoms with Gasteiger partial charge < -0.3 is 4.74 Å². The fourth-order valence-electron chi connectivity index (χ4n) is 2.82. The highest BCUT2D eigenvalue weighted by Gasteiger charge is 2.41. The molecule has 0 aliphatic carbocycles. The molecule has 17 heavy (non-hydrogen) atoms. The van der Waals surface area contributed by atoms with Crippen LogP contribution in [0.1, 0.15) is 41.5 Å². The molecule has 0 aliphatic heterocycles. The van der Waals surface area contributed by atoms with Crippen LogP contribution in [0.15, 0.2) is 12.7 Å². The molecule has 1 nitrogen and oxygen atoms in total. The quantitative estimate of drug-likeness (QED) is 0.294. The van der Waals surface area contributed by atoms with Crippen molar-refractivity contribution in [3.63, 3.8) is 0 Å². The smallest absolute Gasteiger partial charge is 0.146 e. The minimum atomic E-state index is -1.55. The van der Waals surface area contributed by atoms with Crippen molar-refractivity contribution in [2.45, 2.75) is 58.2 Å². The summed E-state index contributed by atoms with van der Waals surface area (Å²) < 4.78 is 5.35. The SMILES string of the molecule is C=CCOCC#C[Si](C(C)C)(C(C)C)C(C)C. The molecule has 0 bridgehead atoms. The first-order chi connectivity index (χ1) is 7.89. The number of hydrogen-bond donors (Lipinski definition) is 0. The molecule has 0 N–H and O–H groups in total. The van der Waals surface area contributed by atoms with Gasteiger partial charge in [0.2, 0.25) is 0 Å². The first-order valence-electron chi connectivity index (χ1n) is 6.58. The summed E-state index contributed by atoms with van der Waals surface area (Å²) >= 11 is 0. The highest BCUT2D eigenvalue weighted by molar-refractivity contribution is 6.90. The van der Waals surface area contributed by atoms with E-state index in [1.54, 1.807) is 6.08 Å². The Balaban J connectivity index is 4.86. The molecule has 0 aromatic rings. The van der Waals surface area contributed by atoms with E-state index < -0.39 is 8.07 Å². The van der Waals surface area contributed by atoms with Crippen molar-refractivity contribution in [1.82, 2.24) is 0 Å². The highest BCUT2D eigenvalue weighted by atomic mass is 28.3. The van der Waals surface area contributed by atoms with Crippen LogP contribution in [0.3, 0.4) is 0 Å². The molecule has 0 unspecified atom stereocenters. The van der Waals surface area contributed by atoms with Gasteiger partial charge in [-0.15, -0.1) is 12.1 Å². The average Bonchev–Trinajstić information content (AvgIpc) is 2.21. The molecule has 2 heteroatoms. The van der Waals surface area contributed by atoms with Crippen molar-refractivity contribution < 1.29 is 4.74 Å². The lowest BCUT2D eigenvalue weighted by Crippen LogP contribution is -2.43. The van der Waals surface area contributed by atoms with Crippen molar-refractivity contribution >= 4 is 8.07 Å². The van der Waals surface area contributed by atoms with Gasteiger partial charge in [0.25, 0.3) is 0 Å². The van der Waals surface area contributed by atoms with E-state index in [2.05, 4.69) is 59.6 Å². The molecule has 0 rings (SSSR count). The maximum Gasteiger partial charge on any atom is 0.146 e. The average molecular weight is 252 g/mol. The largest absolute Gasteiger partial charge is 0.365 e. The van der Waals surface area contributed by atoms with Crippen LogP contribution >= 0.6 is 0 Å². The fraction of sp³-hybridized carbons (Fsp3) is 0.733. The zero-order valence-electron chi connectivity index (χ0n) is 12.3. The van der Waals surface area contributed by atoms with Gasteiger partial charge in [-0.25, -0.2) is 0 Å². The van der Waals surface area contributed by atoms with E-state index >= 15 is 0 Å². The lowest BCUT2D eigenvalue weighted by atomic mass is 10.5. The van der Waals surface area contributed by atoms with Gasteiger partial charge in [0, 0.05) is 0 Å². The maximum atomic E-state index is 5.35. The first kappa shape index (κ1) is 16.5. The molecular weight excluding hydrogens is 224 g/mol. The van der Waals surface area contributed by atoms with Crippen LogP contribution in [0.2, 0.25) is 16.6 Å². The molecule has 0 atom stereocenters. The summed E-state index contributed by atoms with van der Waals surface area (Å²) in [5, 5.41) is 0. The van der Waals surface area contributed by atoms with Crippen molar-refractivity contribution in [1.29, 1.82) is 0 Å². The summed E-state index contributed by atoms with van der Waals surface area (Å²) in [5.74, 6) is 3.25. The molecule has 0 amide bonds. The molecule has 0 heterocycles. The topological polar surface area (TPSA) is 9.23 Å². The van der Waals surface area contributed by atoms with E-state index in [1.165, 1.54) is 0 Å². The molecule has 0 aromatic carbocycles. The molecule has 0 fully saturated rings. The predicted octanol–water partition coefficient (Wildman–Crippen LogP) is 4.41. The maximum absolute atomic E-state index is 5.35. The molecule has 0 saturated heterocycles. The Morgan fingerprint density at radius 3 is 1.88 bits per heavy atom. The van der Waals surface area contributed by atoms with E-state index in [9.17, 15) is 0 Å². The summed E-state index contributed by atoms with van der Waals surface area (Å²) in [4.78, 5) is 0. The standard InChI is InChI=1S/C15H28OSi/c1-8-10-16-11-9-12-17(13(2)3,14(4)5)15(6)7/h8,13-15H,1,10-11H2,2-7H3. The van der Waals surface area contributed by atoms with Crippen LogP contribution in [0, 0.1) is 11.5 Å².